The minimum absolute atomic E-state index is 0.313. The lowest BCUT2D eigenvalue weighted by atomic mass is 10.1. The fraction of sp³-hybridized carbons (Fsp3) is 0.682. The fourth-order valence-electron chi connectivity index (χ4n) is 3.01. The van der Waals surface area contributed by atoms with Crippen LogP contribution in [0.3, 0.4) is 0 Å². The second-order valence-corrected chi connectivity index (χ2v) is 7.02. The molecule has 2 N–H and O–H groups in total. The molecule has 29 heavy (non-hydrogen) atoms. The molecule has 0 amide bonds. The van der Waals surface area contributed by atoms with Crippen molar-refractivity contribution in [1.82, 2.24) is 10.6 Å². The lowest BCUT2D eigenvalue weighted by Gasteiger charge is -2.22. The molecule has 0 saturated carbocycles. The number of aliphatic imine (C=N–C) groups is 1. The molecule has 7 nitrogen and oxygen atoms in total. The van der Waals surface area contributed by atoms with E-state index < -0.39 is 0 Å². The van der Waals surface area contributed by atoms with Gasteiger partial charge in [-0.25, -0.2) is 4.99 Å². The summed E-state index contributed by atoms with van der Waals surface area (Å²) in [6.07, 6.45) is 3.21. The number of nitrogens with one attached hydrogen (secondary N) is 2. The van der Waals surface area contributed by atoms with Crippen LogP contribution in [0.15, 0.2) is 29.3 Å². The highest BCUT2D eigenvalue weighted by Gasteiger charge is 2.14. The van der Waals surface area contributed by atoms with Crippen LogP contribution in [-0.4, -0.2) is 65.3 Å². The summed E-state index contributed by atoms with van der Waals surface area (Å²) in [7, 11) is 1.68. The zero-order chi connectivity index (χ0) is 20.6. The average molecular weight is 408 g/mol. The molecule has 1 aromatic carbocycles. The summed E-state index contributed by atoms with van der Waals surface area (Å²) in [4.78, 5) is 4.70. The highest BCUT2D eigenvalue weighted by atomic mass is 16.5. The number of hydrogen-bond acceptors (Lipinski definition) is 5. The van der Waals surface area contributed by atoms with Gasteiger partial charge in [0, 0.05) is 40.0 Å². The van der Waals surface area contributed by atoms with Crippen molar-refractivity contribution < 1.29 is 18.9 Å². The fourth-order valence-corrected chi connectivity index (χ4v) is 3.01. The van der Waals surface area contributed by atoms with Crippen LogP contribution in [0, 0.1) is 0 Å². The van der Waals surface area contributed by atoms with Gasteiger partial charge in [0.1, 0.15) is 0 Å². The molecule has 0 radical (unpaired) electrons. The van der Waals surface area contributed by atoms with Gasteiger partial charge in [0.25, 0.3) is 0 Å². The number of nitrogens with zero attached hydrogens (tertiary/aromatic N) is 1. The first kappa shape index (κ1) is 23.6. The normalized spacial score (nSPS) is 15.4. The third-order valence-corrected chi connectivity index (χ3v) is 4.60. The Kier molecular flexibility index (Phi) is 12.4. The zero-order valence-electron chi connectivity index (χ0n) is 18.0. The molecule has 0 spiro atoms. The lowest BCUT2D eigenvalue weighted by molar-refractivity contribution is -0.0390. The van der Waals surface area contributed by atoms with Gasteiger partial charge in [-0.3, -0.25) is 0 Å². The first-order valence-electron chi connectivity index (χ1n) is 10.7. The van der Waals surface area contributed by atoms with E-state index in [4.69, 9.17) is 23.9 Å². The molecule has 1 aromatic rings. The maximum atomic E-state index is 6.03. The van der Waals surface area contributed by atoms with E-state index in [0.717, 1.165) is 51.5 Å². The Balaban J connectivity index is 1.74. The first-order chi connectivity index (χ1) is 14.3. The first-order valence-corrected chi connectivity index (χ1v) is 10.7. The van der Waals surface area contributed by atoms with Crippen molar-refractivity contribution in [3.05, 3.63) is 35.4 Å². The van der Waals surface area contributed by atoms with E-state index in [9.17, 15) is 0 Å². The van der Waals surface area contributed by atoms with E-state index in [1.165, 1.54) is 11.1 Å². The molecule has 0 aromatic heterocycles. The third-order valence-electron chi connectivity index (χ3n) is 4.60. The van der Waals surface area contributed by atoms with Gasteiger partial charge in [0.15, 0.2) is 5.96 Å². The Morgan fingerprint density at radius 2 is 1.97 bits per heavy atom. The molecule has 0 unspecified atom stereocenters. The van der Waals surface area contributed by atoms with Gasteiger partial charge in [0.05, 0.1) is 32.5 Å². The molecule has 1 saturated heterocycles. The Bertz CT molecular complexity index is 577. The molecular formula is C22H37N3O4. The second-order valence-electron chi connectivity index (χ2n) is 7.02. The summed E-state index contributed by atoms with van der Waals surface area (Å²) >= 11 is 0. The molecule has 7 heteroatoms. The number of hydrogen-bond donors (Lipinski definition) is 2. The van der Waals surface area contributed by atoms with Crippen molar-refractivity contribution in [2.45, 2.75) is 45.4 Å². The predicted molar refractivity (Wildman–Crippen MR) is 115 cm³/mol. The maximum Gasteiger partial charge on any atom is 0.191 e. The Morgan fingerprint density at radius 3 is 2.76 bits per heavy atom. The SMILES string of the molecule is CCNC(=NCc1cccc(COC2CCOCC2)c1)NCCCOCCOC. The minimum Gasteiger partial charge on any atom is -0.382 e. The maximum absolute atomic E-state index is 6.03. The van der Waals surface area contributed by atoms with Crippen molar-refractivity contribution in [3.8, 4) is 0 Å². The largest absolute Gasteiger partial charge is 0.382 e. The standard InChI is InChI=1S/C22H37N3O4/c1-3-23-22(24-10-5-11-27-15-14-26-2)25-17-19-6-4-7-20(16-19)18-29-21-8-12-28-13-9-21/h4,6-7,16,21H,3,5,8-15,17-18H2,1-2H3,(H2,23,24,25). The summed E-state index contributed by atoms with van der Waals surface area (Å²) in [5.41, 5.74) is 2.37. The smallest absolute Gasteiger partial charge is 0.191 e. The molecule has 1 aliphatic rings. The summed E-state index contributed by atoms with van der Waals surface area (Å²) < 4.78 is 21.9. The van der Waals surface area contributed by atoms with Crippen molar-refractivity contribution in [1.29, 1.82) is 0 Å². The number of methoxy groups -OCH3 is 1. The second kappa shape index (κ2) is 15.2. The number of rotatable bonds is 13. The molecule has 1 heterocycles. The molecular weight excluding hydrogens is 370 g/mol. The Morgan fingerprint density at radius 1 is 1.14 bits per heavy atom. The Labute approximate surface area is 175 Å². The monoisotopic (exact) mass is 407 g/mol. The highest BCUT2D eigenvalue weighted by Crippen LogP contribution is 2.14. The molecule has 1 aliphatic heterocycles. The van der Waals surface area contributed by atoms with Crippen LogP contribution >= 0.6 is 0 Å². The number of benzene rings is 1. The van der Waals surface area contributed by atoms with E-state index >= 15 is 0 Å². The lowest BCUT2D eigenvalue weighted by Crippen LogP contribution is -2.38. The molecule has 2 rings (SSSR count). The highest BCUT2D eigenvalue weighted by molar-refractivity contribution is 5.79. The number of guanidine groups is 1. The van der Waals surface area contributed by atoms with Crippen LogP contribution in [0.25, 0.3) is 0 Å². The van der Waals surface area contributed by atoms with Gasteiger partial charge in [0.2, 0.25) is 0 Å². The van der Waals surface area contributed by atoms with E-state index in [0.29, 0.717) is 39.1 Å². The van der Waals surface area contributed by atoms with Gasteiger partial charge in [-0.2, -0.15) is 0 Å². The van der Waals surface area contributed by atoms with E-state index in [1.807, 2.05) is 0 Å². The van der Waals surface area contributed by atoms with E-state index in [1.54, 1.807) is 7.11 Å². The van der Waals surface area contributed by atoms with Crippen LogP contribution < -0.4 is 10.6 Å². The topological polar surface area (TPSA) is 73.3 Å². The van der Waals surface area contributed by atoms with E-state index in [2.05, 4.69) is 41.8 Å². The molecule has 0 bridgehead atoms. The van der Waals surface area contributed by atoms with Gasteiger partial charge in [-0.05, 0) is 37.3 Å². The molecule has 0 aliphatic carbocycles. The van der Waals surface area contributed by atoms with Crippen LogP contribution in [0.5, 0.6) is 0 Å². The molecule has 164 valence electrons. The van der Waals surface area contributed by atoms with Gasteiger partial charge >= 0.3 is 0 Å². The summed E-state index contributed by atoms with van der Waals surface area (Å²) in [5.74, 6) is 0.827. The van der Waals surface area contributed by atoms with Crippen LogP contribution in [-0.2, 0) is 32.1 Å². The van der Waals surface area contributed by atoms with Crippen LogP contribution in [0.1, 0.15) is 37.3 Å². The van der Waals surface area contributed by atoms with Crippen molar-refractivity contribution in [3.63, 3.8) is 0 Å². The predicted octanol–water partition coefficient (Wildman–Crippen LogP) is 2.49. The quantitative estimate of drug-likeness (QED) is 0.297. The van der Waals surface area contributed by atoms with Crippen LogP contribution in [0.2, 0.25) is 0 Å². The zero-order valence-corrected chi connectivity index (χ0v) is 18.0. The van der Waals surface area contributed by atoms with Gasteiger partial charge < -0.3 is 29.6 Å². The van der Waals surface area contributed by atoms with Crippen molar-refractivity contribution in [2.24, 2.45) is 4.99 Å². The van der Waals surface area contributed by atoms with Crippen molar-refractivity contribution in [2.75, 3.05) is 53.2 Å². The average Bonchev–Trinajstić information content (AvgIpc) is 2.76. The molecule has 0 atom stereocenters. The minimum atomic E-state index is 0.313. The van der Waals surface area contributed by atoms with Crippen LogP contribution in [0.4, 0.5) is 0 Å². The van der Waals surface area contributed by atoms with Gasteiger partial charge in [-0.15, -0.1) is 0 Å². The molecule has 1 fully saturated rings. The van der Waals surface area contributed by atoms with E-state index in [-0.39, 0.29) is 0 Å². The van der Waals surface area contributed by atoms with Crippen molar-refractivity contribution >= 4 is 5.96 Å². The summed E-state index contributed by atoms with van der Waals surface area (Å²) in [6, 6.07) is 8.47. The summed E-state index contributed by atoms with van der Waals surface area (Å²) in [6.45, 7) is 8.58. The Hall–Kier alpha value is -1.67. The number of ether oxygens (including phenoxy) is 4. The third kappa shape index (κ3) is 10.6. The van der Waals surface area contributed by atoms with Gasteiger partial charge in [-0.1, -0.05) is 24.3 Å². The summed E-state index contributed by atoms with van der Waals surface area (Å²) in [5, 5.41) is 6.64.